The van der Waals surface area contributed by atoms with Crippen molar-refractivity contribution in [2.45, 2.75) is 20.8 Å². The van der Waals surface area contributed by atoms with Crippen molar-refractivity contribution >= 4 is 17.8 Å². The quantitative estimate of drug-likeness (QED) is 0.792. The highest BCUT2D eigenvalue weighted by molar-refractivity contribution is 5.98. The number of methoxy groups -OCH3 is 1. The first-order valence-corrected chi connectivity index (χ1v) is 8.45. The van der Waals surface area contributed by atoms with Crippen molar-refractivity contribution in [3.63, 3.8) is 0 Å². The zero-order valence-electron chi connectivity index (χ0n) is 16.0. The molecule has 1 heterocycles. The van der Waals surface area contributed by atoms with E-state index in [0.29, 0.717) is 11.1 Å². The summed E-state index contributed by atoms with van der Waals surface area (Å²) >= 11 is 0. The Morgan fingerprint density at radius 2 is 1.86 bits per heavy atom. The lowest BCUT2D eigenvalue weighted by Crippen LogP contribution is -2.32. The van der Waals surface area contributed by atoms with Gasteiger partial charge in [-0.3, -0.25) is 14.4 Å². The third-order valence-corrected chi connectivity index (χ3v) is 3.66. The van der Waals surface area contributed by atoms with E-state index in [1.54, 1.807) is 26.8 Å². The van der Waals surface area contributed by atoms with Crippen molar-refractivity contribution in [2.75, 3.05) is 13.7 Å². The molecule has 1 N–H and O–H groups in total. The number of carbonyl (C=O) groups excluding carboxylic acids is 3. The molecule has 2 aromatic rings. The highest BCUT2D eigenvalue weighted by Gasteiger charge is 2.27. The van der Waals surface area contributed by atoms with E-state index in [0.717, 1.165) is 0 Å². The largest absolute Gasteiger partial charge is 0.468 e. The zero-order chi connectivity index (χ0) is 20.9. The maximum Gasteiger partial charge on any atom is 0.325 e. The Hall–Kier alpha value is -3.29. The molecule has 0 saturated heterocycles. The molecule has 0 aliphatic heterocycles. The smallest absolute Gasteiger partial charge is 0.325 e. The molecular formula is C20H21FN2O5. The Morgan fingerprint density at radius 1 is 1.14 bits per heavy atom. The predicted molar refractivity (Wildman–Crippen MR) is 99.1 cm³/mol. The molecule has 2 rings (SSSR count). The van der Waals surface area contributed by atoms with Gasteiger partial charge in [0.15, 0.2) is 11.4 Å². The lowest BCUT2D eigenvalue weighted by atomic mass is 9.97. The first-order valence-electron chi connectivity index (χ1n) is 8.45. The van der Waals surface area contributed by atoms with Crippen LogP contribution >= 0.6 is 0 Å². The molecule has 0 spiro atoms. The van der Waals surface area contributed by atoms with Crippen LogP contribution in [-0.4, -0.2) is 36.5 Å². The summed E-state index contributed by atoms with van der Waals surface area (Å²) < 4.78 is 23.4. The van der Waals surface area contributed by atoms with Gasteiger partial charge in [-0.25, -0.2) is 9.37 Å². The number of hydrogen-bond donors (Lipinski definition) is 1. The molecule has 0 unspecified atom stereocenters. The minimum absolute atomic E-state index is 0.0935. The summed E-state index contributed by atoms with van der Waals surface area (Å²) in [5.74, 6) is -2.46. The Bertz CT molecular complexity index is 906. The second kappa shape index (κ2) is 8.60. The monoisotopic (exact) mass is 388 g/mol. The molecule has 0 aliphatic rings. The van der Waals surface area contributed by atoms with Crippen LogP contribution in [0.4, 0.5) is 4.39 Å². The summed E-state index contributed by atoms with van der Waals surface area (Å²) in [6, 6.07) is 7.21. The molecule has 0 fully saturated rings. The number of ether oxygens (including phenoxy) is 2. The number of amides is 1. The number of rotatable bonds is 5. The van der Waals surface area contributed by atoms with Crippen LogP contribution in [0.5, 0.6) is 5.75 Å². The van der Waals surface area contributed by atoms with Crippen molar-refractivity contribution < 1.29 is 28.2 Å². The normalized spacial score (nSPS) is 10.9. The van der Waals surface area contributed by atoms with Crippen molar-refractivity contribution in [3.8, 4) is 16.9 Å². The van der Waals surface area contributed by atoms with Crippen LogP contribution in [0.1, 0.15) is 31.3 Å². The van der Waals surface area contributed by atoms with Gasteiger partial charge in [0.05, 0.1) is 12.5 Å². The van der Waals surface area contributed by atoms with E-state index in [-0.39, 0.29) is 18.0 Å². The fraction of sp³-hybridized carbons (Fsp3) is 0.300. The molecule has 0 bridgehead atoms. The van der Waals surface area contributed by atoms with E-state index < -0.39 is 29.1 Å². The van der Waals surface area contributed by atoms with Crippen LogP contribution in [0.25, 0.3) is 11.1 Å². The average Bonchev–Trinajstić information content (AvgIpc) is 2.65. The number of nitrogens with one attached hydrogen (secondary N) is 1. The van der Waals surface area contributed by atoms with Gasteiger partial charge in [0, 0.05) is 11.8 Å². The van der Waals surface area contributed by atoms with Crippen LogP contribution in [0.3, 0.4) is 0 Å². The molecule has 0 saturated carbocycles. The van der Waals surface area contributed by atoms with E-state index in [4.69, 9.17) is 4.74 Å². The molecule has 0 aliphatic carbocycles. The fourth-order valence-electron chi connectivity index (χ4n) is 2.08. The third-order valence-electron chi connectivity index (χ3n) is 3.66. The highest BCUT2D eigenvalue weighted by Crippen LogP contribution is 2.28. The first-order chi connectivity index (χ1) is 13.1. The van der Waals surface area contributed by atoms with Gasteiger partial charge in [0.1, 0.15) is 12.4 Å². The van der Waals surface area contributed by atoms with Gasteiger partial charge in [-0.1, -0.05) is 12.1 Å². The van der Waals surface area contributed by atoms with Crippen LogP contribution in [0, 0.1) is 11.2 Å². The van der Waals surface area contributed by atoms with Gasteiger partial charge in [-0.2, -0.15) is 0 Å². The molecular weight excluding hydrogens is 367 g/mol. The summed E-state index contributed by atoms with van der Waals surface area (Å²) in [6.45, 7) is 4.62. The maximum atomic E-state index is 13.5. The molecule has 1 aromatic carbocycles. The van der Waals surface area contributed by atoms with E-state index in [2.05, 4.69) is 15.0 Å². The summed E-state index contributed by atoms with van der Waals surface area (Å²) in [4.78, 5) is 40.0. The van der Waals surface area contributed by atoms with Crippen LogP contribution in [0.15, 0.2) is 36.5 Å². The van der Waals surface area contributed by atoms with E-state index in [1.165, 1.54) is 37.6 Å². The summed E-state index contributed by atoms with van der Waals surface area (Å²) in [7, 11) is 1.19. The number of pyridine rings is 1. The second-order valence-corrected chi connectivity index (χ2v) is 6.98. The minimum atomic E-state index is -0.825. The SMILES string of the molecule is COC(=O)CNC(=O)c1ncc(-c2cccc(F)c2)cc1OC(=O)C(C)(C)C. The number of benzene rings is 1. The first kappa shape index (κ1) is 21.0. The molecule has 1 amide bonds. The molecule has 1 aromatic heterocycles. The summed E-state index contributed by atoms with van der Waals surface area (Å²) in [5.41, 5.74) is -0.0429. The number of esters is 2. The standard InChI is InChI=1S/C20H21FN2O5/c1-20(2,3)19(26)28-15-9-13(12-6-5-7-14(21)8-12)10-22-17(15)18(25)23-11-16(24)27-4/h5-10H,11H2,1-4H3,(H,23,25). The maximum absolute atomic E-state index is 13.5. The molecule has 8 heteroatoms. The van der Waals surface area contributed by atoms with Gasteiger partial charge >= 0.3 is 11.9 Å². The Morgan fingerprint density at radius 3 is 2.46 bits per heavy atom. The van der Waals surface area contributed by atoms with Crippen molar-refractivity contribution in [1.29, 1.82) is 0 Å². The van der Waals surface area contributed by atoms with Gasteiger partial charge in [0.2, 0.25) is 0 Å². The number of aromatic nitrogens is 1. The number of halogens is 1. The van der Waals surface area contributed by atoms with Crippen LogP contribution < -0.4 is 10.1 Å². The fourth-order valence-corrected chi connectivity index (χ4v) is 2.08. The number of hydrogen-bond acceptors (Lipinski definition) is 6. The number of carbonyl (C=O) groups is 3. The zero-order valence-corrected chi connectivity index (χ0v) is 16.0. The molecule has 28 heavy (non-hydrogen) atoms. The lowest BCUT2D eigenvalue weighted by molar-refractivity contribution is -0.143. The molecule has 0 radical (unpaired) electrons. The van der Waals surface area contributed by atoms with Crippen LogP contribution in [-0.2, 0) is 14.3 Å². The average molecular weight is 388 g/mol. The highest BCUT2D eigenvalue weighted by atomic mass is 19.1. The third kappa shape index (κ3) is 5.35. The molecule has 148 valence electrons. The van der Waals surface area contributed by atoms with Gasteiger partial charge in [-0.05, 0) is 44.5 Å². The number of nitrogens with zero attached hydrogens (tertiary/aromatic N) is 1. The van der Waals surface area contributed by atoms with Gasteiger partial charge < -0.3 is 14.8 Å². The van der Waals surface area contributed by atoms with Crippen molar-refractivity contribution in [1.82, 2.24) is 10.3 Å². The Balaban J connectivity index is 2.41. The van der Waals surface area contributed by atoms with Crippen LogP contribution in [0.2, 0.25) is 0 Å². The van der Waals surface area contributed by atoms with Gasteiger partial charge in [0.25, 0.3) is 5.91 Å². The van der Waals surface area contributed by atoms with Crippen molar-refractivity contribution in [3.05, 3.63) is 48.0 Å². The summed E-state index contributed by atoms with van der Waals surface area (Å²) in [6.07, 6.45) is 1.36. The van der Waals surface area contributed by atoms with Crippen molar-refractivity contribution in [2.24, 2.45) is 5.41 Å². The van der Waals surface area contributed by atoms with E-state index in [1.807, 2.05) is 0 Å². The predicted octanol–water partition coefficient (Wildman–Crippen LogP) is 2.74. The lowest BCUT2D eigenvalue weighted by Gasteiger charge is -2.18. The Kier molecular flexibility index (Phi) is 6.45. The minimum Gasteiger partial charge on any atom is -0.468 e. The van der Waals surface area contributed by atoms with E-state index >= 15 is 0 Å². The second-order valence-electron chi connectivity index (χ2n) is 6.98. The molecule has 0 atom stereocenters. The topological polar surface area (TPSA) is 94.6 Å². The summed E-state index contributed by atoms with van der Waals surface area (Å²) in [5, 5.41) is 2.34. The molecule has 7 nitrogen and oxygen atoms in total. The Labute approximate surface area is 161 Å². The van der Waals surface area contributed by atoms with Gasteiger partial charge in [-0.15, -0.1) is 0 Å². The van der Waals surface area contributed by atoms with E-state index in [9.17, 15) is 18.8 Å².